The molecule has 1 N–H and O–H groups in total. The second kappa shape index (κ2) is 7.48. The third-order valence-electron chi connectivity index (χ3n) is 4.72. The van der Waals surface area contributed by atoms with Gasteiger partial charge >= 0.3 is 0 Å². The largest absolute Gasteiger partial charge is 0.508 e. The fourth-order valence-corrected chi connectivity index (χ4v) is 4.41. The lowest BCUT2D eigenvalue weighted by Gasteiger charge is -2.34. The predicted octanol–water partition coefficient (Wildman–Crippen LogP) is 4.15. The summed E-state index contributed by atoms with van der Waals surface area (Å²) >= 11 is 1.76. The Bertz CT molecular complexity index is 850. The van der Waals surface area contributed by atoms with Crippen LogP contribution >= 0.6 is 11.3 Å². The van der Waals surface area contributed by atoms with Crippen molar-refractivity contribution in [1.82, 2.24) is 9.88 Å². The van der Waals surface area contributed by atoms with E-state index in [-0.39, 0.29) is 0 Å². The number of phenolic OH excluding ortho intramolecular Hbond substituents is 1. The highest BCUT2D eigenvalue weighted by Gasteiger charge is 2.20. The van der Waals surface area contributed by atoms with Crippen LogP contribution in [0.15, 0.2) is 54.7 Å². The minimum absolute atomic E-state index is 0.356. The molecule has 0 aliphatic carbocycles. The Balaban J connectivity index is 1.37. The quantitative estimate of drug-likeness (QED) is 0.754. The van der Waals surface area contributed by atoms with Gasteiger partial charge in [-0.2, -0.15) is 0 Å². The van der Waals surface area contributed by atoms with Crippen LogP contribution in [0.5, 0.6) is 5.75 Å². The molecule has 1 aliphatic rings. The van der Waals surface area contributed by atoms with Crippen LogP contribution in [-0.4, -0.2) is 41.2 Å². The molecule has 0 spiro atoms. The number of aromatic nitrogens is 1. The smallest absolute Gasteiger partial charge is 0.185 e. The van der Waals surface area contributed by atoms with Crippen molar-refractivity contribution in [2.45, 2.75) is 13.5 Å². The molecule has 26 heavy (non-hydrogen) atoms. The van der Waals surface area contributed by atoms with Crippen molar-refractivity contribution in [3.05, 3.63) is 65.9 Å². The Morgan fingerprint density at radius 1 is 1.04 bits per heavy atom. The molecule has 1 aliphatic heterocycles. The van der Waals surface area contributed by atoms with Gasteiger partial charge in [-0.1, -0.05) is 47.7 Å². The number of rotatable bonds is 4. The normalized spacial score (nSPS) is 15.3. The number of hydrogen-bond acceptors (Lipinski definition) is 5. The molecular formula is C21H23N3OS. The molecule has 4 nitrogen and oxygen atoms in total. The molecular weight excluding hydrogens is 342 g/mol. The molecule has 0 amide bonds. The van der Waals surface area contributed by atoms with E-state index in [4.69, 9.17) is 0 Å². The average Bonchev–Trinajstić information content (AvgIpc) is 3.12. The standard InChI is InChI=1S/C21H23N3OS/c1-16-11-17(13-19(25)12-16)15-23-7-9-24(10-8-23)21-22-14-20(26-21)18-5-3-2-4-6-18/h2-6,11-14,25H,7-10,15H2,1H3. The summed E-state index contributed by atoms with van der Waals surface area (Å²) in [7, 11) is 0. The van der Waals surface area contributed by atoms with Crippen LogP contribution in [0.25, 0.3) is 10.4 Å². The van der Waals surface area contributed by atoms with Crippen molar-refractivity contribution in [3.63, 3.8) is 0 Å². The van der Waals surface area contributed by atoms with Gasteiger partial charge in [-0.25, -0.2) is 4.98 Å². The number of aromatic hydroxyl groups is 1. The van der Waals surface area contributed by atoms with Crippen LogP contribution in [0, 0.1) is 6.92 Å². The zero-order chi connectivity index (χ0) is 17.9. The molecule has 134 valence electrons. The summed E-state index contributed by atoms with van der Waals surface area (Å²) in [5, 5.41) is 10.9. The van der Waals surface area contributed by atoms with Gasteiger partial charge in [-0.3, -0.25) is 4.90 Å². The highest BCUT2D eigenvalue weighted by Crippen LogP contribution is 2.31. The molecule has 0 radical (unpaired) electrons. The fourth-order valence-electron chi connectivity index (χ4n) is 3.43. The third-order valence-corrected chi connectivity index (χ3v) is 5.83. The Morgan fingerprint density at radius 3 is 2.54 bits per heavy atom. The van der Waals surface area contributed by atoms with E-state index < -0.39 is 0 Å². The molecule has 2 aromatic carbocycles. The van der Waals surface area contributed by atoms with Gasteiger partial charge in [0.25, 0.3) is 0 Å². The molecule has 2 heterocycles. The molecule has 0 bridgehead atoms. The summed E-state index contributed by atoms with van der Waals surface area (Å²) in [6.07, 6.45) is 1.98. The Labute approximate surface area is 158 Å². The lowest BCUT2D eigenvalue weighted by atomic mass is 10.1. The molecule has 0 atom stereocenters. The van der Waals surface area contributed by atoms with Crippen molar-refractivity contribution in [2.24, 2.45) is 0 Å². The minimum Gasteiger partial charge on any atom is -0.508 e. The number of piperazine rings is 1. The molecule has 5 heteroatoms. The second-order valence-corrected chi connectivity index (χ2v) is 7.82. The van der Waals surface area contributed by atoms with Gasteiger partial charge in [0.15, 0.2) is 5.13 Å². The second-order valence-electron chi connectivity index (χ2n) is 6.81. The summed E-state index contributed by atoms with van der Waals surface area (Å²) in [4.78, 5) is 10.7. The van der Waals surface area contributed by atoms with Gasteiger partial charge in [0.2, 0.25) is 0 Å². The Morgan fingerprint density at radius 2 is 1.81 bits per heavy atom. The first-order valence-electron chi connectivity index (χ1n) is 8.95. The van der Waals surface area contributed by atoms with Gasteiger partial charge in [0, 0.05) is 38.9 Å². The van der Waals surface area contributed by atoms with Crippen molar-refractivity contribution in [1.29, 1.82) is 0 Å². The maximum atomic E-state index is 9.78. The first-order chi connectivity index (χ1) is 12.7. The van der Waals surface area contributed by atoms with Crippen LogP contribution < -0.4 is 4.90 Å². The maximum Gasteiger partial charge on any atom is 0.185 e. The molecule has 1 saturated heterocycles. The van der Waals surface area contributed by atoms with E-state index >= 15 is 0 Å². The summed E-state index contributed by atoms with van der Waals surface area (Å²) in [6, 6.07) is 16.3. The summed E-state index contributed by atoms with van der Waals surface area (Å²) in [6.45, 7) is 6.90. The Hall–Kier alpha value is -2.37. The molecule has 0 unspecified atom stereocenters. The maximum absolute atomic E-state index is 9.78. The van der Waals surface area contributed by atoms with E-state index in [1.54, 1.807) is 17.4 Å². The van der Waals surface area contributed by atoms with Crippen molar-refractivity contribution >= 4 is 16.5 Å². The van der Waals surface area contributed by atoms with Crippen LogP contribution in [0.4, 0.5) is 5.13 Å². The zero-order valence-electron chi connectivity index (χ0n) is 14.9. The van der Waals surface area contributed by atoms with E-state index in [2.05, 4.69) is 45.1 Å². The van der Waals surface area contributed by atoms with Gasteiger partial charge in [0.1, 0.15) is 5.75 Å². The van der Waals surface area contributed by atoms with Gasteiger partial charge in [-0.05, 0) is 35.7 Å². The van der Waals surface area contributed by atoms with Crippen molar-refractivity contribution in [2.75, 3.05) is 31.1 Å². The molecule has 0 saturated carbocycles. The van der Waals surface area contributed by atoms with Crippen LogP contribution in [0.2, 0.25) is 0 Å². The van der Waals surface area contributed by atoms with Crippen molar-refractivity contribution in [3.8, 4) is 16.2 Å². The Kier molecular flexibility index (Phi) is 4.91. The van der Waals surface area contributed by atoms with Crippen LogP contribution in [0.3, 0.4) is 0 Å². The summed E-state index contributed by atoms with van der Waals surface area (Å²) in [5.41, 5.74) is 3.51. The van der Waals surface area contributed by atoms with Gasteiger partial charge < -0.3 is 10.0 Å². The van der Waals surface area contributed by atoms with E-state index in [9.17, 15) is 5.11 Å². The number of hydrogen-bond donors (Lipinski definition) is 1. The van der Waals surface area contributed by atoms with Gasteiger partial charge in [0.05, 0.1) is 4.88 Å². The molecule has 4 rings (SSSR count). The first-order valence-corrected chi connectivity index (χ1v) is 9.77. The van der Waals surface area contributed by atoms with E-state index in [1.165, 1.54) is 16.0 Å². The fraction of sp³-hybridized carbons (Fsp3) is 0.286. The monoisotopic (exact) mass is 365 g/mol. The highest BCUT2D eigenvalue weighted by atomic mass is 32.1. The average molecular weight is 366 g/mol. The topological polar surface area (TPSA) is 39.6 Å². The van der Waals surface area contributed by atoms with Crippen LogP contribution in [-0.2, 0) is 6.54 Å². The van der Waals surface area contributed by atoms with Gasteiger partial charge in [-0.15, -0.1) is 0 Å². The molecule has 1 fully saturated rings. The summed E-state index contributed by atoms with van der Waals surface area (Å²) in [5.74, 6) is 0.356. The summed E-state index contributed by atoms with van der Waals surface area (Å²) < 4.78 is 0. The predicted molar refractivity (Wildman–Crippen MR) is 108 cm³/mol. The van der Waals surface area contributed by atoms with Crippen molar-refractivity contribution < 1.29 is 5.11 Å². The molecule has 3 aromatic rings. The first kappa shape index (κ1) is 17.1. The van der Waals surface area contributed by atoms with E-state index in [1.807, 2.05) is 25.3 Å². The molecule has 1 aromatic heterocycles. The third kappa shape index (κ3) is 3.89. The lowest BCUT2D eigenvalue weighted by molar-refractivity contribution is 0.249. The van der Waals surface area contributed by atoms with E-state index in [0.717, 1.165) is 43.4 Å². The highest BCUT2D eigenvalue weighted by molar-refractivity contribution is 7.18. The number of phenols is 1. The minimum atomic E-state index is 0.356. The zero-order valence-corrected chi connectivity index (χ0v) is 15.7. The number of benzene rings is 2. The number of nitrogens with zero attached hydrogens (tertiary/aromatic N) is 3. The lowest BCUT2D eigenvalue weighted by Crippen LogP contribution is -2.45. The number of aryl methyl sites for hydroxylation is 1. The number of anilines is 1. The number of thiazole rings is 1. The SMILES string of the molecule is Cc1cc(O)cc(CN2CCN(c3ncc(-c4ccccc4)s3)CC2)c1. The van der Waals surface area contributed by atoms with E-state index in [0.29, 0.717) is 5.75 Å². The van der Waals surface area contributed by atoms with Crippen LogP contribution in [0.1, 0.15) is 11.1 Å².